The first-order valence-corrected chi connectivity index (χ1v) is 10.3. The molecule has 0 radical (unpaired) electrons. The van der Waals surface area contributed by atoms with Gasteiger partial charge in [0.05, 0.1) is 22.8 Å². The number of aliphatic hydroxyl groups excluding tert-OH is 1. The van der Waals surface area contributed by atoms with Crippen LogP contribution >= 0.6 is 0 Å². The van der Waals surface area contributed by atoms with Crippen molar-refractivity contribution in [2.75, 3.05) is 18.4 Å². The van der Waals surface area contributed by atoms with Gasteiger partial charge in [0.1, 0.15) is 11.6 Å². The van der Waals surface area contributed by atoms with E-state index in [1.54, 1.807) is 6.07 Å². The van der Waals surface area contributed by atoms with Crippen molar-refractivity contribution in [3.05, 3.63) is 59.4 Å². The summed E-state index contributed by atoms with van der Waals surface area (Å²) in [7, 11) is -2.76. The van der Waals surface area contributed by atoms with Crippen molar-refractivity contribution in [3.8, 4) is 5.75 Å². The molecule has 6 nitrogen and oxygen atoms in total. The molecule has 0 bridgehead atoms. The van der Waals surface area contributed by atoms with Gasteiger partial charge in [0.15, 0.2) is 6.29 Å². The molecule has 0 amide bonds. The molecule has 148 valence electrons. The maximum atomic E-state index is 13.5. The average molecular weight is 405 g/mol. The summed E-state index contributed by atoms with van der Waals surface area (Å²) in [5.74, 6) is 0.723. The largest absolute Gasteiger partial charge is 0.492 e. The minimum atomic E-state index is -4.08. The Morgan fingerprint density at radius 3 is 2.89 bits per heavy atom. The molecular weight excluding hydrogens is 385 g/mol. The van der Waals surface area contributed by atoms with Crippen LogP contribution in [0.25, 0.3) is 6.08 Å². The average Bonchev–Trinajstić information content (AvgIpc) is 3.46. The number of aliphatic hydroxyl groups is 1. The van der Waals surface area contributed by atoms with Crippen molar-refractivity contribution in [1.82, 2.24) is 0 Å². The van der Waals surface area contributed by atoms with Gasteiger partial charge in [-0.3, -0.25) is 4.72 Å². The van der Waals surface area contributed by atoms with Crippen molar-refractivity contribution in [3.63, 3.8) is 0 Å². The lowest BCUT2D eigenvalue weighted by atomic mass is 10.00. The van der Waals surface area contributed by atoms with Crippen LogP contribution in [0, 0.1) is 11.7 Å². The van der Waals surface area contributed by atoms with Gasteiger partial charge in [-0.05, 0) is 47.7 Å². The molecule has 3 unspecified atom stereocenters. The lowest BCUT2D eigenvalue weighted by Gasteiger charge is -2.25. The Balaban J connectivity index is 1.78. The molecule has 4 rings (SSSR count). The van der Waals surface area contributed by atoms with Crippen LogP contribution < -0.4 is 9.46 Å². The SMILES string of the molecule is C=Cc1cc(F)ccc1S(=O)(=O)Nc1ccc2c(c1C(O)OC)OCC1CC21. The van der Waals surface area contributed by atoms with E-state index >= 15 is 0 Å². The van der Waals surface area contributed by atoms with Crippen molar-refractivity contribution in [2.24, 2.45) is 5.92 Å². The first-order chi connectivity index (χ1) is 13.4. The molecule has 0 saturated heterocycles. The first kappa shape index (κ1) is 18.9. The third-order valence-corrected chi connectivity index (χ3v) is 6.63. The predicted molar refractivity (Wildman–Crippen MR) is 102 cm³/mol. The van der Waals surface area contributed by atoms with Crippen LogP contribution in [0.15, 0.2) is 41.8 Å². The molecule has 2 N–H and O–H groups in total. The van der Waals surface area contributed by atoms with Gasteiger partial charge in [-0.25, -0.2) is 12.8 Å². The monoisotopic (exact) mass is 405 g/mol. The van der Waals surface area contributed by atoms with Crippen LogP contribution in [-0.4, -0.2) is 27.2 Å². The third kappa shape index (κ3) is 3.17. The molecule has 28 heavy (non-hydrogen) atoms. The first-order valence-electron chi connectivity index (χ1n) is 8.81. The Morgan fingerprint density at radius 2 is 2.18 bits per heavy atom. The van der Waals surface area contributed by atoms with Crippen LogP contribution in [0.5, 0.6) is 5.75 Å². The molecule has 2 aromatic carbocycles. The number of hydrogen-bond acceptors (Lipinski definition) is 5. The second-order valence-electron chi connectivity index (χ2n) is 6.94. The van der Waals surface area contributed by atoms with Crippen LogP contribution in [0.2, 0.25) is 0 Å². The lowest BCUT2D eigenvalue weighted by Crippen LogP contribution is -2.19. The topological polar surface area (TPSA) is 84.9 Å². The molecule has 1 aliphatic carbocycles. The van der Waals surface area contributed by atoms with E-state index in [9.17, 15) is 17.9 Å². The van der Waals surface area contributed by atoms with Gasteiger partial charge in [-0.2, -0.15) is 0 Å². The Bertz CT molecular complexity index is 1050. The summed E-state index contributed by atoms with van der Waals surface area (Å²) in [6.45, 7) is 4.07. The highest BCUT2D eigenvalue weighted by Crippen LogP contribution is 2.56. The zero-order chi connectivity index (χ0) is 20.1. The summed E-state index contributed by atoms with van der Waals surface area (Å²) in [6.07, 6.45) is 0.917. The Hall–Kier alpha value is -2.42. The number of benzene rings is 2. The smallest absolute Gasteiger partial charge is 0.262 e. The number of halogens is 1. The van der Waals surface area contributed by atoms with Crippen molar-refractivity contribution in [2.45, 2.75) is 23.5 Å². The number of nitrogens with one attached hydrogen (secondary N) is 1. The fourth-order valence-corrected chi connectivity index (χ4v) is 4.93. The highest BCUT2D eigenvalue weighted by atomic mass is 32.2. The maximum absolute atomic E-state index is 13.5. The quantitative estimate of drug-likeness (QED) is 0.720. The summed E-state index contributed by atoms with van der Waals surface area (Å²) in [6, 6.07) is 6.73. The van der Waals surface area contributed by atoms with Crippen LogP contribution in [0.1, 0.15) is 35.3 Å². The highest BCUT2D eigenvalue weighted by molar-refractivity contribution is 7.92. The fraction of sp³-hybridized carbons (Fsp3) is 0.300. The van der Waals surface area contributed by atoms with Crippen LogP contribution in [0.4, 0.5) is 10.1 Å². The van der Waals surface area contributed by atoms with Crippen molar-refractivity contribution in [1.29, 1.82) is 0 Å². The van der Waals surface area contributed by atoms with Gasteiger partial charge >= 0.3 is 0 Å². The van der Waals surface area contributed by atoms with Gasteiger partial charge < -0.3 is 14.6 Å². The van der Waals surface area contributed by atoms with E-state index in [0.717, 1.165) is 24.1 Å². The Kier molecular flexibility index (Phi) is 4.65. The van der Waals surface area contributed by atoms with Crippen LogP contribution in [-0.2, 0) is 14.8 Å². The van der Waals surface area contributed by atoms with Crippen molar-refractivity contribution >= 4 is 21.8 Å². The molecular formula is C20H20FNO5S. The molecule has 1 heterocycles. The maximum Gasteiger partial charge on any atom is 0.262 e. The van der Waals surface area contributed by atoms with Gasteiger partial charge in [0.2, 0.25) is 0 Å². The summed E-state index contributed by atoms with van der Waals surface area (Å²) in [5, 5.41) is 10.4. The standard InChI is InChI=1S/C20H20FNO5S/c1-3-11-8-13(21)4-7-17(11)28(24,25)22-16-6-5-14-15-9-12(15)10-27-19(14)18(16)20(23)26-2/h3-8,12,15,20,22-23H,1,9-10H2,2H3. The zero-order valence-electron chi connectivity index (χ0n) is 15.2. The lowest BCUT2D eigenvalue weighted by molar-refractivity contribution is -0.0779. The second-order valence-corrected chi connectivity index (χ2v) is 8.59. The van der Waals surface area contributed by atoms with E-state index in [-0.39, 0.29) is 21.7 Å². The molecule has 1 saturated carbocycles. The zero-order valence-corrected chi connectivity index (χ0v) is 16.0. The third-order valence-electron chi connectivity index (χ3n) is 5.19. The number of methoxy groups -OCH3 is 1. The van der Waals surface area contributed by atoms with E-state index in [4.69, 9.17) is 9.47 Å². The highest BCUT2D eigenvalue weighted by Gasteiger charge is 2.45. The van der Waals surface area contributed by atoms with Gasteiger partial charge in [0.25, 0.3) is 10.0 Å². The Labute approximate surface area is 162 Å². The minimum Gasteiger partial charge on any atom is -0.492 e. The normalized spacial score (nSPS) is 21.1. The summed E-state index contributed by atoms with van der Waals surface area (Å²) in [5.41, 5.74) is 1.46. The number of fused-ring (bicyclic) bond motifs is 3. The van der Waals surface area contributed by atoms with Gasteiger partial charge in [-0.15, -0.1) is 0 Å². The predicted octanol–water partition coefficient (Wildman–Crippen LogP) is 3.40. The summed E-state index contributed by atoms with van der Waals surface area (Å²) in [4.78, 5) is -0.123. The number of anilines is 1. The molecule has 8 heteroatoms. The fourth-order valence-electron chi connectivity index (χ4n) is 3.65. The minimum absolute atomic E-state index is 0.123. The number of hydrogen-bond donors (Lipinski definition) is 2. The molecule has 2 aromatic rings. The van der Waals surface area contributed by atoms with E-state index in [1.807, 2.05) is 6.07 Å². The molecule has 1 fully saturated rings. The van der Waals surface area contributed by atoms with E-state index < -0.39 is 22.1 Å². The molecule has 0 spiro atoms. The summed E-state index contributed by atoms with van der Waals surface area (Å²) >= 11 is 0. The van der Waals surface area contributed by atoms with Crippen LogP contribution in [0.3, 0.4) is 0 Å². The van der Waals surface area contributed by atoms with Gasteiger partial charge in [-0.1, -0.05) is 18.7 Å². The molecule has 2 aliphatic rings. The molecule has 3 atom stereocenters. The van der Waals surface area contributed by atoms with E-state index in [0.29, 0.717) is 24.2 Å². The van der Waals surface area contributed by atoms with Crippen molar-refractivity contribution < 1.29 is 27.4 Å². The number of ether oxygens (including phenoxy) is 2. The van der Waals surface area contributed by atoms with E-state index in [2.05, 4.69) is 11.3 Å². The van der Waals surface area contributed by atoms with E-state index in [1.165, 1.54) is 19.3 Å². The molecule has 1 aliphatic heterocycles. The number of sulfonamides is 1. The summed E-state index contributed by atoms with van der Waals surface area (Å²) < 4.78 is 52.7. The Morgan fingerprint density at radius 1 is 1.39 bits per heavy atom. The van der Waals surface area contributed by atoms with Gasteiger partial charge in [0, 0.05) is 13.0 Å². The number of rotatable bonds is 6. The second kappa shape index (κ2) is 6.88. The molecule has 0 aromatic heterocycles.